The number of anilines is 1. The molecule has 0 saturated carbocycles. The second-order valence-corrected chi connectivity index (χ2v) is 10.5. The van der Waals surface area contributed by atoms with Crippen LogP contribution in [0.15, 0.2) is 59.6 Å². The lowest BCUT2D eigenvalue weighted by molar-refractivity contribution is -0.137. The number of halogens is 4. The van der Waals surface area contributed by atoms with Crippen molar-refractivity contribution < 1.29 is 30.7 Å². The molecule has 1 N–H and O–H groups in total. The van der Waals surface area contributed by atoms with Crippen LogP contribution in [0.4, 0.5) is 23.4 Å². The molecule has 4 rings (SSSR count). The van der Waals surface area contributed by atoms with Crippen molar-refractivity contribution in [1.82, 2.24) is 10.2 Å². The monoisotopic (exact) mass is 523 g/mol. The highest BCUT2D eigenvalue weighted by molar-refractivity contribution is 7.92. The van der Waals surface area contributed by atoms with Crippen molar-refractivity contribution in [2.75, 3.05) is 18.0 Å². The van der Waals surface area contributed by atoms with Gasteiger partial charge in [0.05, 0.1) is 23.7 Å². The molecule has 0 saturated heterocycles. The molecule has 0 bridgehead atoms. The van der Waals surface area contributed by atoms with Crippen molar-refractivity contribution in [3.8, 4) is 5.75 Å². The molecular weight excluding hydrogens is 498 g/mol. The molecule has 0 amide bonds. The van der Waals surface area contributed by atoms with Gasteiger partial charge >= 0.3 is 6.18 Å². The van der Waals surface area contributed by atoms with Crippen molar-refractivity contribution in [3.05, 3.63) is 77.0 Å². The molecule has 0 aliphatic carbocycles. The van der Waals surface area contributed by atoms with E-state index in [0.717, 1.165) is 12.1 Å². The largest absolute Gasteiger partial charge is 0.493 e. The molecule has 11 heteroatoms. The van der Waals surface area contributed by atoms with Crippen molar-refractivity contribution in [3.63, 3.8) is 0 Å². The van der Waals surface area contributed by atoms with Crippen LogP contribution < -0.4 is 9.46 Å². The highest BCUT2D eigenvalue weighted by Crippen LogP contribution is 2.46. The van der Waals surface area contributed by atoms with Gasteiger partial charge in [-0.1, -0.05) is 19.1 Å². The number of sulfonamides is 1. The second kappa shape index (κ2) is 10.0. The summed E-state index contributed by atoms with van der Waals surface area (Å²) in [6.45, 7) is 1.61. The van der Waals surface area contributed by atoms with Gasteiger partial charge in [-0.15, -0.1) is 5.10 Å². The Hall–Kier alpha value is -3.21. The van der Waals surface area contributed by atoms with E-state index in [-0.39, 0.29) is 23.7 Å². The molecule has 0 unspecified atom stereocenters. The zero-order valence-electron chi connectivity index (χ0n) is 19.5. The highest BCUT2D eigenvalue weighted by Gasteiger charge is 2.39. The molecule has 2 aromatic carbocycles. The molecule has 36 heavy (non-hydrogen) atoms. The number of nitrogens with one attached hydrogen (secondary N) is 1. The van der Waals surface area contributed by atoms with E-state index in [9.17, 15) is 26.0 Å². The second-order valence-electron chi connectivity index (χ2n) is 8.82. The van der Waals surface area contributed by atoms with Crippen LogP contribution in [0, 0.1) is 0 Å². The van der Waals surface area contributed by atoms with Crippen LogP contribution in [-0.2, 0) is 28.0 Å². The summed E-state index contributed by atoms with van der Waals surface area (Å²) in [6.07, 6.45) is -1.64. The predicted octanol–water partition coefficient (Wildman–Crippen LogP) is 5.68. The molecule has 1 aliphatic heterocycles. The fourth-order valence-electron chi connectivity index (χ4n) is 4.50. The van der Waals surface area contributed by atoms with E-state index in [1.54, 1.807) is 12.1 Å². The number of ether oxygens (including phenoxy) is 1. The van der Waals surface area contributed by atoms with Crippen LogP contribution in [-0.4, -0.2) is 31.9 Å². The van der Waals surface area contributed by atoms with Crippen LogP contribution in [0.1, 0.15) is 48.4 Å². The third-order valence-electron chi connectivity index (χ3n) is 6.39. The van der Waals surface area contributed by atoms with E-state index < -0.39 is 33.9 Å². The maximum atomic E-state index is 13.4. The van der Waals surface area contributed by atoms with Gasteiger partial charge in [0.1, 0.15) is 5.75 Å². The Labute approximate surface area is 206 Å². The van der Waals surface area contributed by atoms with E-state index in [1.165, 1.54) is 30.5 Å². The Morgan fingerprint density at radius 1 is 1.08 bits per heavy atom. The van der Waals surface area contributed by atoms with Crippen LogP contribution in [0.2, 0.25) is 0 Å². The average molecular weight is 524 g/mol. The number of nitrogens with zero attached hydrogens (tertiary/aromatic N) is 2. The van der Waals surface area contributed by atoms with Gasteiger partial charge in [0.2, 0.25) is 0 Å². The van der Waals surface area contributed by atoms with Crippen molar-refractivity contribution in [1.29, 1.82) is 0 Å². The maximum absolute atomic E-state index is 13.4. The Morgan fingerprint density at radius 2 is 1.86 bits per heavy atom. The molecule has 1 aliphatic rings. The molecule has 2 heterocycles. The van der Waals surface area contributed by atoms with Crippen LogP contribution in [0.25, 0.3) is 0 Å². The van der Waals surface area contributed by atoms with Crippen LogP contribution in [0.3, 0.4) is 0 Å². The zero-order chi connectivity index (χ0) is 26.0. The van der Waals surface area contributed by atoms with Crippen LogP contribution in [0.5, 0.6) is 5.75 Å². The Morgan fingerprint density at radius 3 is 2.56 bits per heavy atom. The fourth-order valence-corrected chi connectivity index (χ4v) is 5.51. The first-order valence-corrected chi connectivity index (χ1v) is 12.9. The standard InChI is InChI=1S/C25H25F4N3O3S/c1-24(20-9-7-18(25(27,28)29)15-17(20)5-2-3-12-26)11-14-35-22-16-19(8-10-21(22)24)36(33,34)32-23-6-4-13-30-31-23/h4,6-10,13,15-16H,2-3,5,11-12,14H2,1H3,(H,31,32)/t24-/m0/s1. The summed E-state index contributed by atoms with van der Waals surface area (Å²) in [4.78, 5) is -0.0493. The molecule has 0 radical (unpaired) electrons. The number of benzene rings is 2. The molecule has 192 valence electrons. The first kappa shape index (κ1) is 25.9. The van der Waals surface area contributed by atoms with Crippen LogP contribution >= 0.6 is 0 Å². The van der Waals surface area contributed by atoms with Gasteiger partial charge < -0.3 is 4.74 Å². The zero-order valence-corrected chi connectivity index (χ0v) is 20.3. The normalized spacial score (nSPS) is 17.8. The lowest BCUT2D eigenvalue weighted by Crippen LogP contribution is -2.32. The fraction of sp³-hybridized carbons (Fsp3) is 0.360. The lowest BCUT2D eigenvalue weighted by atomic mass is 9.70. The summed E-state index contributed by atoms with van der Waals surface area (Å²) in [5.41, 5.74) is 0.359. The van der Waals surface area contributed by atoms with Gasteiger partial charge in [-0.05, 0) is 67.1 Å². The third-order valence-corrected chi connectivity index (χ3v) is 7.74. The summed E-state index contributed by atoms with van der Waals surface area (Å²) in [5.74, 6) is 0.393. The SMILES string of the molecule is C[C@@]1(c2ccc(C(F)(F)F)cc2CCCCF)CCOc2cc(S(=O)(=O)Nc3cccnn3)ccc21. The van der Waals surface area contributed by atoms with Gasteiger partial charge in [-0.3, -0.25) is 9.11 Å². The Balaban J connectivity index is 1.74. The molecule has 1 atom stereocenters. The number of fused-ring (bicyclic) bond motifs is 1. The molecule has 3 aromatic rings. The Bertz CT molecular complexity index is 1330. The minimum atomic E-state index is -4.50. The number of aryl methyl sites for hydroxylation is 1. The number of hydrogen-bond acceptors (Lipinski definition) is 5. The van der Waals surface area contributed by atoms with E-state index in [4.69, 9.17) is 4.74 Å². The first-order chi connectivity index (χ1) is 17.0. The van der Waals surface area contributed by atoms with E-state index in [1.807, 2.05) is 6.92 Å². The summed E-state index contributed by atoms with van der Waals surface area (Å²) in [5, 5.41) is 7.38. The smallest absolute Gasteiger partial charge is 0.416 e. The predicted molar refractivity (Wildman–Crippen MR) is 126 cm³/mol. The summed E-state index contributed by atoms with van der Waals surface area (Å²) >= 11 is 0. The molecule has 0 fully saturated rings. The first-order valence-electron chi connectivity index (χ1n) is 11.4. The topological polar surface area (TPSA) is 81.2 Å². The minimum Gasteiger partial charge on any atom is -0.493 e. The van der Waals surface area contributed by atoms with Gasteiger partial charge in [-0.25, -0.2) is 8.42 Å². The number of unbranched alkanes of at least 4 members (excludes halogenated alkanes) is 1. The molecular formula is C25H25F4N3O3S. The van der Waals surface area contributed by atoms with Gasteiger partial charge in [-0.2, -0.15) is 18.3 Å². The minimum absolute atomic E-state index is 0.0493. The van der Waals surface area contributed by atoms with Gasteiger partial charge in [0.15, 0.2) is 5.82 Å². The summed E-state index contributed by atoms with van der Waals surface area (Å²) < 4.78 is 86.9. The highest BCUT2D eigenvalue weighted by atomic mass is 32.2. The number of alkyl halides is 4. The number of aromatic nitrogens is 2. The van der Waals surface area contributed by atoms with E-state index >= 15 is 0 Å². The molecule has 0 spiro atoms. The number of hydrogen-bond donors (Lipinski definition) is 1. The molecule has 6 nitrogen and oxygen atoms in total. The van der Waals surface area contributed by atoms with Crippen molar-refractivity contribution >= 4 is 15.8 Å². The van der Waals surface area contributed by atoms with Gasteiger partial charge in [0, 0.05) is 23.2 Å². The maximum Gasteiger partial charge on any atom is 0.416 e. The average Bonchev–Trinajstić information content (AvgIpc) is 2.84. The summed E-state index contributed by atoms with van der Waals surface area (Å²) in [6, 6.07) is 11.1. The lowest BCUT2D eigenvalue weighted by Gasteiger charge is -2.38. The molecule has 1 aromatic heterocycles. The van der Waals surface area contributed by atoms with Crippen molar-refractivity contribution in [2.24, 2.45) is 0 Å². The van der Waals surface area contributed by atoms with Crippen molar-refractivity contribution in [2.45, 2.75) is 49.1 Å². The van der Waals surface area contributed by atoms with E-state index in [2.05, 4.69) is 14.9 Å². The third kappa shape index (κ3) is 5.30. The quantitative estimate of drug-likeness (QED) is 0.304. The Kier molecular flexibility index (Phi) is 7.21. The number of rotatable bonds is 8. The summed E-state index contributed by atoms with van der Waals surface area (Å²) in [7, 11) is -3.99. The van der Waals surface area contributed by atoms with E-state index in [0.29, 0.717) is 41.7 Å². The van der Waals surface area contributed by atoms with Gasteiger partial charge in [0.25, 0.3) is 10.0 Å².